The minimum Gasteiger partial charge on any atom is -0.300 e. The van der Waals surface area contributed by atoms with Crippen molar-refractivity contribution >= 4 is 0 Å². The molecule has 0 saturated carbocycles. The zero-order valence-electron chi connectivity index (χ0n) is 9.88. The molecule has 2 fully saturated rings. The van der Waals surface area contributed by atoms with Crippen molar-refractivity contribution in [1.29, 1.82) is 0 Å². The lowest BCUT2D eigenvalue weighted by Crippen LogP contribution is -2.38. The molecule has 0 bridgehead atoms. The first-order chi connectivity index (χ1) is 6.36. The van der Waals surface area contributed by atoms with Gasteiger partial charge in [0.1, 0.15) is 0 Å². The summed E-state index contributed by atoms with van der Waals surface area (Å²) in [6, 6.07) is 0.667. The fraction of sp³-hybridized carbons (Fsp3) is 1.00. The number of hydrogen-bond donors (Lipinski definition) is 1. The summed E-state index contributed by atoms with van der Waals surface area (Å²) in [5.74, 6) is 5.93. The van der Waals surface area contributed by atoms with Crippen LogP contribution in [-0.2, 0) is 0 Å². The predicted molar refractivity (Wildman–Crippen MR) is 58.7 cm³/mol. The fourth-order valence-corrected chi connectivity index (χ4v) is 3.13. The molecule has 0 spiro atoms. The first-order valence-corrected chi connectivity index (χ1v) is 5.60. The number of nitrogens with two attached hydrogens (primary N) is 1. The largest absolute Gasteiger partial charge is 0.300 e. The second kappa shape index (κ2) is 2.94. The SMILES string of the molecule is CC(C)N1CC2(C)CN(N)CC2(C)C1. The molecule has 0 aromatic carbocycles. The van der Waals surface area contributed by atoms with E-state index in [9.17, 15) is 0 Å². The Labute approximate surface area is 87.2 Å². The van der Waals surface area contributed by atoms with Gasteiger partial charge in [0.05, 0.1) is 0 Å². The Kier molecular flexibility index (Phi) is 2.18. The Hall–Kier alpha value is -0.120. The normalized spacial score (nSPS) is 45.0. The van der Waals surface area contributed by atoms with Crippen LogP contribution < -0.4 is 5.84 Å². The van der Waals surface area contributed by atoms with Gasteiger partial charge < -0.3 is 0 Å². The maximum atomic E-state index is 5.93. The number of hydrogen-bond acceptors (Lipinski definition) is 3. The van der Waals surface area contributed by atoms with E-state index in [0.29, 0.717) is 16.9 Å². The van der Waals surface area contributed by atoms with Gasteiger partial charge in [-0.1, -0.05) is 13.8 Å². The van der Waals surface area contributed by atoms with Crippen LogP contribution in [0, 0.1) is 10.8 Å². The molecule has 14 heavy (non-hydrogen) atoms. The summed E-state index contributed by atoms with van der Waals surface area (Å²) in [6.45, 7) is 13.9. The van der Waals surface area contributed by atoms with E-state index >= 15 is 0 Å². The minimum absolute atomic E-state index is 0.395. The quantitative estimate of drug-likeness (QED) is 0.634. The van der Waals surface area contributed by atoms with Crippen LogP contribution in [0.5, 0.6) is 0 Å². The summed E-state index contributed by atoms with van der Waals surface area (Å²) in [5.41, 5.74) is 0.790. The van der Waals surface area contributed by atoms with Gasteiger partial charge >= 0.3 is 0 Å². The van der Waals surface area contributed by atoms with E-state index in [0.717, 1.165) is 13.1 Å². The van der Waals surface area contributed by atoms with Crippen LogP contribution >= 0.6 is 0 Å². The van der Waals surface area contributed by atoms with Crippen molar-refractivity contribution in [3.8, 4) is 0 Å². The third-order valence-electron chi connectivity index (χ3n) is 4.40. The average Bonchev–Trinajstić information content (AvgIpc) is 2.33. The molecule has 0 aromatic rings. The number of hydrazine groups is 1. The molecule has 2 heterocycles. The van der Waals surface area contributed by atoms with Crippen LogP contribution in [0.15, 0.2) is 0 Å². The van der Waals surface area contributed by atoms with Gasteiger partial charge in [0.25, 0.3) is 0 Å². The van der Waals surface area contributed by atoms with Crippen molar-refractivity contribution in [2.24, 2.45) is 16.7 Å². The van der Waals surface area contributed by atoms with Crippen LogP contribution in [-0.4, -0.2) is 42.1 Å². The standard InChI is InChI=1S/C11H23N3/c1-9(2)13-5-10(3)7-14(12)8-11(10,4)6-13/h9H,5-8,12H2,1-4H3. The van der Waals surface area contributed by atoms with Gasteiger partial charge in [-0.15, -0.1) is 0 Å². The third kappa shape index (κ3) is 1.30. The number of nitrogens with zero attached hydrogens (tertiary/aromatic N) is 2. The van der Waals surface area contributed by atoms with E-state index in [2.05, 4.69) is 32.6 Å². The van der Waals surface area contributed by atoms with Crippen LogP contribution in [0.2, 0.25) is 0 Å². The van der Waals surface area contributed by atoms with E-state index in [1.807, 2.05) is 5.01 Å². The van der Waals surface area contributed by atoms with Crippen LogP contribution in [0.3, 0.4) is 0 Å². The molecule has 3 heteroatoms. The van der Waals surface area contributed by atoms with Crippen molar-refractivity contribution in [3.63, 3.8) is 0 Å². The molecule has 2 aliphatic heterocycles. The zero-order valence-corrected chi connectivity index (χ0v) is 9.88. The van der Waals surface area contributed by atoms with Crippen LogP contribution in [0.25, 0.3) is 0 Å². The highest BCUT2D eigenvalue weighted by Crippen LogP contribution is 2.50. The molecular formula is C11H23N3. The molecule has 3 nitrogen and oxygen atoms in total. The Bertz CT molecular complexity index is 221. The van der Waals surface area contributed by atoms with E-state index in [1.165, 1.54) is 13.1 Å². The van der Waals surface area contributed by atoms with E-state index in [-0.39, 0.29) is 0 Å². The van der Waals surface area contributed by atoms with Crippen molar-refractivity contribution in [2.45, 2.75) is 33.7 Å². The molecule has 2 aliphatic rings. The number of rotatable bonds is 1. The summed E-state index contributed by atoms with van der Waals surface area (Å²) < 4.78 is 0. The fourth-order valence-electron chi connectivity index (χ4n) is 3.13. The Morgan fingerprint density at radius 3 is 1.79 bits per heavy atom. The average molecular weight is 197 g/mol. The van der Waals surface area contributed by atoms with Crippen LogP contribution in [0.1, 0.15) is 27.7 Å². The third-order valence-corrected chi connectivity index (χ3v) is 4.40. The molecular weight excluding hydrogens is 174 g/mol. The molecule has 2 atom stereocenters. The van der Waals surface area contributed by atoms with Gasteiger partial charge in [-0.2, -0.15) is 0 Å². The lowest BCUT2D eigenvalue weighted by molar-refractivity contribution is 0.200. The lowest BCUT2D eigenvalue weighted by Gasteiger charge is -2.30. The topological polar surface area (TPSA) is 32.5 Å². The molecule has 2 saturated heterocycles. The molecule has 2 rings (SSSR count). The number of fused-ring (bicyclic) bond motifs is 1. The van der Waals surface area contributed by atoms with E-state index < -0.39 is 0 Å². The molecule has 0 radical (unpaired) electrons. The second-order valence-corrected chi connectivity index (χ2v) is 6.03. The highest BCUT2D eigenvalue weighted by atomic mass is 15.4. The number of likely N-dealkylation sites (tertiary alicyclic amines) is 1. The van der Waals surface area contributed by atoms with Crippen molar-refractivity contribution in [1.82, 2.24) is 9.91 Å². The maximum absolute atomic E-state index is 5.93. The zero-order chi connectivity index (χ0) is 10.6. The molecule has 0 aliphatic carbocycles. The maximum Gasteiger partial charge on any atom is 0.0201 e. The second-order valence-electron chi connectivity index (χ2n) is 6.03. The Morgan fingerprint density at radius 1 is 1.00 bits per heavy atom. The van der Waals surface area contributed by atoms with Gasteiger partial charge in [-0.25, -0.2) is 5.01 Å². The van der Waals surface area contributed by atoms with Gasteiger partial charge in [0, 0.05) is 43.1 Å². The summed E-state index contributed by atoms with van der Waals surface area (Å²) in [7, 11) is 0. The monoisotopic (exact) mass is 197 g/mol. The molecule has 0 aromatic heterocycles. The van der Waals surface area contributed by atoms with Crippen LogP contribution in [0.4, 0.5) is 0 Å². The van der Waals surface area contributed by atoms with Crippen molar-refractivity contribution < 1.29 is 0 Å². The van der Waals surface area contributed by atoms with Gasteiger partial charge in [-0.05, 0) is 13.8 Å². The Balaban J connectivity index is 2.19. The van der Waals surface area contributed by atoms with E-state index in [4.69, 9.17) is 5.84 Å². The lowest BCUT2D eigenvalue weighted by atomic mass is 9.71. The van der Waals surface area contributed by atoms with E-state index in [1.54, 1.807) is 0 Å². The summed E-state index contributed by atoms with van der Waals surface area (Å²) in [5, 5.41) is 2.00. The first-order valence-electron chi connectivity index (χ1n) is 5.60. The Morgan fingerprint density at radius 2 is 1.43 bits per heavy atom. The summed E-state index contributed by atoms with van der Waals surface area (Å²) in [6.07, 6.45) is 0. The highest BCUT2D eigenvalue weighted by Gasteiger charge is 2.57. The molecule has 0 amide bonds. The van der Waals surface area contributed by atoms with Crippen molar-refractivity contribution in [3.05, 3.63) is 0 Å². The summed E-state index contributed by atoms with van der Waals surface area (Å²) >= 11 is 0. The van der Waals surface area contributed by atoms with Gasteiger partial charge in [-0.3, -0.25) is 10.7 Å². The molecule has 82 valence electrons. The van der Waals surface area contributed by atoms with Crippen molar-refractivity contribution in [2.75, 3.05) is 26.2 Å². The molecule has 2 unspecified atom stereocenters. The predicted octanol–water partition coefficient (Wildman–Crippen LogP) is 0.912. The molecule has 2 N–H and O–H groups in total. The van der Waals surface area contributed by atoms with Gasteiger partial charge in [0.15, 0.2) is 0 Å². The minimum atomic E-state index is 0.395. The first kappa shape index (κ1) is 10.4. The highest BCUT2D eigenvalue weighted by molar-refractivity contribution is 5.08. The van der Waals surface area contributed by atoms with Gasteiger partial charge in [0.2, 0.25) is 0 Å². The summed E-state index contributed by atoms with van der Waals surface area (Å²) in [4.78, 5) is 2.59. The smallest absolute Gasteiger partial charge is 0.0201 e.